The molecule has 0 heterocycles. The van der Waals surface area contributed by atoms with Crippen molar-refractivity contribution in [1.82, 2.24) is 0 Å². The van der Waals surface area contributed by atoms with Crippen LogP contribution in [0.5, 0.6) is 0 Å². The van der Waals surface area contributed by atoms with Gasteiger partial charge >= 0.3 is 0 Å². The van der Waals surface area contributed by atoms with E-state index >= 15 is 0 Å². The first-order valence-electron chi connectivity index (χ1n) is 9.40. The molecule has 0 aromatic heterocycles. The lowest BCUT2D eigenvalue weighted by molar-refractivity contribution is -0.262. The summed E-state index contributed by atoms with van der Waals surface area (Å²) in [5, 5.41) is 74.6. The second-order valence-electron chi connectivity index (χ2n) is 6.90. The summed E-state index contributed by atoms with van der Waals surface area (Å²) in [5.41, 5.74) is -1.57. The zero-order valence-corrected chi connectivity index (χ0v) is 17.2. The van der Waals surface area contributed by atoms with Crippen LogP contribution in [0.3, 0.4) is 0 Å². The van der Waals surface area contributed by atoms with Crippen LogP contribution in [-0.2, 0) is 23.7 Å². The second kappa shape index (κ2) is 16.2. The van der Waals surface area contributed by atoms with Gasteiger partial charge in [-0.05, 0) is 13.8 Å². The van der Waals surface area contributed by atoms with E-state index in [9.17, 15) is 30.6 Å². The second-order valence-corrected chi connectivity index (χ2v) is 6.90. The smallest absolute Gasteiger partial charge is 0.183 e. The Morgan fingerprint density at radius 1 is 0.600 bits per heavy atom. The molecule has 0 saturated carbocycles. The van der Waals surface area contributed by atoms with Crippen molar-refractivity contribution < 1.29 is 64.5 Å². The Hall–Kier alpha value is -0.520. The highest BCUT2D eigenvalue weighted by atomic mass is 16.7. The van der Waals surface area contributed by atoms with Crippen molar-refractivity contribution in [3.8, 4) is 0 Å². The molecular weight excluding hydrogens is 412 g/mol. The Labute approximate surface area is 174 Å². The molecule has 182 valence electrons. The number of hydrogen-bond donors (Lipinski definition) is 8. The summed E-state index contributed by atoms with van der Waals surface area (Å²) < 4.78 is 26.0. The monoisotopic (exact) mass is 448 g/mol. The molecule has 0 bridgehead atoms. The summed E-state index contributed by atoms with van der Waals surface area (Å²) in [5.74, 6) is 0. The molecule has 8 N–H and O–H groups in total. The predicted octanol–water partition coefficient (Wildman–Crippen LogP) is -4.13. The van der Waals surface area contributed by atoms with Crippen LogP contribution in [0, 0.1) is 0 Å². The normalized spacial score (nSPS) is 17.7. The van der Waals surface area contributed by atoms with Gasteiger partial charge in [0.2, 0.25) is 0 Å². The molecule has 0 fully saturated rings. The Morgan fingerprint density at radius 2 is 0.967 bits per heavy atom. The third-order valence-corrected chi connectivity index (χ3v) is 3.66. The Kier molecular flexibility index (Phi) is 15.9. The quantitative estimate of drug-likeness (QED) is 0.0884. The van der Waals surface area contributed by atoms with E-state index < -0.39 is 82.4 Å². The highest BCUT2D eigenvalue weighted by Gasteiger charge is 2.29. The summed E-state index contributed by atoms with van der Waals surface area (Å²) >= 11 is 0. The minimum absolute atomic E-state index is 0.289. The molecule has 4 unspecified atom stereocenters. The number of rotatable bonds is 19. The van der Waals surface area contributed by atoms with Crippen LogP contribution in [-0.4, -0.2) is 136 Å². The van der Waals surface area contributed by atoms with Gasteiger partial charge in [-0.15, -0.1) is 0 Å². The highest BCUT2D eigenvalue weighted by Crippen LogP contribution is 2.13. The Bertz CT molecular complexity index is 402. The van der Waals surface area contributed by atoms with Gasteiger partial charge in [-0.2, -0.15) is 0 Å². The van der Waals surface area contributed by atoms with Crippen molar-refractivity contribution in [1.29, 1.82) is 0 Å². The molecule has 13 nitrogen and oxygen atoms in total. The standard InChI is InChI=1S/C17H36O13/c1-17(2,25)16(24)30-13(6-21)10-27-15(8-23)29-12(5-20)9-26-14(7-22)28-11(3-18)4-19/h11-16,18-25H,3-10H2,1-2H3/t12?,13?,14?,15?,16-/m0/s1. The van der Waals surface area contributed by atoms with Crippen molar-refractivity contribution >= 4 is 0 Å². The van der Waals surface area contributed by atoms with E-state index in [0.29, 0.717) is 0 Å². The van der Waals surface area contributed by atoms with Crippen LogP contribution in [0.15, 0.2) is 0 Å². The van der Waals surface area contributed by atoms with Crippen LogP contribution in [0.2, 0.25) is 0 Å². The van der Waals surface area contributed by atoms with E-state index in [2.05, 4.69) is 0 Å². The first-order valence-corrected chi connectivity index (χ1v) is 9.40. The first kappa shape index (κ1) is 29.5. The van der Waals surface area contributed by atoms with E-state index in [1.807, 2.05) is 0 Å². The van der Waals surface area contributed by atoms with Gasteiger partial charge in [0, 0.05) is 0 Å². The average Bonchev–Trinajstić information content (AvgIpc) is 2.73. The molecule has 0 rings (SSSR count). The summed E-state index contributed by atoms with van der Waals surface area (Å²) in [6, 6.07) is 0. The van der Waals surface area contributed by atoms with Crippen molar-refractivity contribution in [2.24, 2.45) is 0 Å². The topological polar surface area (TPSA) is 208 Å². The third kappa shape index (κ3) is 12.4. The number of ether oxygens (including phenoxy) is 5. The molecule has 0 aromatic rings. The maximum Gasteiger partial charge on any atom is 0.183 e. The van der Waals surface area contributed by atoms with Gasteiger partial charge in [-0.25, -0.2) is 0 Å². The van der Waals surface area contributed by atoms with Crippen LogP contribution in [0.4, 0.5) is 0 Å². The fraction of sp³-hybridized carbons (Fsp3) is 1.00. The van der Waals surface area contributed by atoms with E-state index in [-0.39, 0.29) is 13.2 Å². The number of aliphatic hydroxyl groups is 8. The molecule has 0 amide bonds. The molecule has 0 spiro atoms. The van der Waals surface area contributed by atoms with Crippen LogP contribution in [0.1, 0.15) is 13.8 Å². The minimum Gasteiger partial charge on any atom is -0.394 e. The lowest BCUT2D eigenvalue weighted by Crippen LogP contribution is -2.43. The van der Waals surface area contributed by atoms with Gasteiger partial charge < -0.3 is 64.5 Å². The zero-order chi connectivity index (χ0) is 23.2. The molecule has 30 heavy (non-hydrogen) atoms. The van der Waals surface area contributed by atoms with Crippen molar-refractivity contribution in [3.63, 3.8) is 0 Å². The van der Waals surface area contributed by atoms with Crippen molar-refractivity contribution in [2.75, 3.05) is 52.9 Å². The van der Waals surface area contributed by atoms with Gasteiger partial charge in [0.1, 0.15) is 23.9 Å². The van der Waals surface area contributed by atoms with Crippen LogP contribution < -0.4 is 0 Å². The van der Waals surface area contributed by atoms with Gasteiger partial charge in [0.25, 0.3) is 0 Å². The predicted molar refractivity (Wildman–Crippen MR) is 98.9 cm³/mol. The first-order chi connectivity index (χ1) is 14.1. The third-order valence-electron chi connectivity index (χ3n) is 3.66. The number of hydrogen-bond acceptors (Lipinski definition) is 13. The Balaban J connectivity index is 4.57. The Morgan fingerprint density at radius 3 is 1.30 bits per heavy atom. The van der Waals surface area contributed by atoms with Crippen LogP contribution in [0.25, 0.3) is 0 Å². The maximum atomic E-state index is 9.70. The van der Waals surface area contributed by atoms with Gasteiger partial charge in [0.05, 0.1) is 52.9 Å². The van der Waals surface area contributed by atoms with Gasteiger partial charge in [-0.1, -0.05) is 0 Å². The molecule has 0 saturated heterocycles. The minimum atomic E-state index is -1.59. The molecule has 5 atom stereocenters. The van der Waals surface area contributed by atoms with E-state index in [4.69, 9.17) is 33.9 Å². The molecule has 0 aliphatic carbocycles. The van der Waals surface area contributed by atoms with E-state index in [0.717, 1.165) is 0 Å². The van der Waals surface area contributed by atoms with Gasteiger partial charge in [0.15, 0.2) is 18.9 Å². The SMILES string of the molecule is CC(C)(O)[C@@H](O)OC(CO)COC(CO)OC(CO)COC(CO)OC(CO)CO. The highest BCUT2D eigenvalue weighted by molar-refractivity contribution is 4.70. The van der Waals surface area contributed by atoms with Crippen LogP contribution >= 0.6 is 0 Å². The molecular formula is C17H36O13. The molecule has 0 aromatic carbocycles. The lowest BCUT2D eigenvalue weighted by atomic mass is 10.1. The lowest BCUT2D eigenvalue weighted by Gasteiger charge is -2.29. The van der Waals surface area contributed by atoms with Crippen molar-refractivity contribution in [2.45, 2.75) is 56.6 Å². The van der Waals surface area contributed by atoms with Crippen molar-refractivity contribution in [3.05, 3.63) is 0 Å². The molecule has 0 aliphatic rings. The van der Waals surface area contributed by atoms with Gasteiger partial charge in [-0.3, -0.25) is 0 Å². The zero-order valence-electron chi connectivity index (χ0n) is 17.2. The summed E-state index contributed by atoms with van der Waals surface area (Å²) in [6.45, 7) is -1.28. The number of aliphatic hydroxyl groups excluding tert-OH is 7. The summed E-state index contributed by atoms with van der Waals surface area (Å²) in [6.07, 6.45) is -7.04. The van der Waals surface area contributed by atoms with E-state index in [1.54, 1.807) is 0 Å². The van der Waals surface area contributed by atoms with E-state index in [1.165, 1.54) is 13.8 Å². The largest absolute Gasteiger partial charge is 0.394 e. The fourth-order valence-electron chi connectivity index (χ4n) is 1.89. The molecule has 13 heteroatoms. The average molecular weight is 448 g/mol. The maximum absolute atomic E-state index is 9.70. The summed E-state index contributed by atoms with van der Waals surface area (Å²) in [4.78, 5) is 0. The fourth-order valence-corrected chi connectivity index (χ4v) is 1.89. The summed E-state index contributed by atoms with van der Waals surface area (Å²) in [7, 11) is 0. The molecule has 0 radical (unpaired) electrons. The molecule has 0 aliphatic heterocycles.